The minimum absolute atomic E-state index is 0.0508. The second kappa shape index (κ2) is 5.88. The number of rotatable bonds is 4. The van der Waals surface area contributed by atoms with Crippen molar-refractivity contribution in [1.82, 2.24) is 0 Å². The number of hydrogen-bond acceptors (Lipinski definition) is 4. The van der Waals surface area contributed by atoms with Gasteiger partial charge in [0, 0.05) is 23.9 Å². The summed E-state index contributed by atoms with van der Waals surface area (Å²) < 4.78 is 13.2. The Labute approximate surface area is 124 Å². The first-order valence-electron chi connectivity index (χ1n) is 5.85. The zero-order chi connectivity index (χ0) is 15.6. The molecule has 2 rings (SSSR count). The SMILES string of the molecule is O=C(O)c1ccc(NCc2cc(F)cc(Cl)c2O)cc1O. The van der Waals surface area contributed by atoms with Gasteiger partial charge in [0.2, 0.25) is 0 Å². The van der Waals surface area contributed by atoms with Crippen LogP contribution in [-0.4, -0.2) is 21.3 Å². The molecule has 110 valence electrons. The molecular formula is C14H11ClFNO4. The zero-order valence-electron chi connectivity index (χ0n) is 10.6. The molecule has 0 unspecified atom stereocenters. The Hall–Kier alpha value is -2.47. The molecule has 4 N–H and O–H groups in total. The average Bonchev–Trinajstić information content (AvgIpc) is 2.40. The van der Waals surface area contributed by atoms with Crippen molar-refractivity contribution in [2.75, 3.05) is 5.32 Å². The van der Waals surface area contributed by atoms with Gasteiger partial charge in [-0.2, -0.15) is 0 Å². The Kier molecular flexibility index (Phi) is 4.18. The van der Waals surface area contributed by atoms with Crippen molar-refractivity contribution in [3.05, 3.63) is 52.3 Å². The van der Waals surface area contributed by atoms with Crippen molar-refractivity contribution < 1.29 is 24.5 Å². The minimum Gasteiger partial charge on any atom is -0.507 e. The second-order valence-corrected chi connectivity index (χ2v) is 4.69. The molecule has 0 aliphatic carbocycles. The molecule has 7 heteroatoms. The second-order valence-electron chi connectivity index (χ2n) is 4.29. The number of benzene rings is 2. The number of aromatic hydroxyl groups is 2. The predicted octanol–water partition coefficient (Wildman–Crippen LogP) is 3.20. The summed E-state index contributed by atoms with van der Waals surface area (Å²) in [6, 6.07) is 6.02. The quantitative estimate of drug-likeness (QED) is 0.696. The molecule has 0 amide bonds. The molecule has 0 fully saturated rings. The molecule has 0 bridgehead atoms. The van der Waals surface area contributed by atoms with E-state index in [0.29, 0.717) is 5.69 Å². The number of carboxylic acid groups (broad SMARTS) is 1. The average molecular weight is 312 g/mol. The number of phenols is 2. The van der Waals surface area contributed by atoms with Gasteiger partial charge >= 0.3 is 5.97 Å². The molecule has 0 saturated heterocycles. The summed E-state index contributed by atoms with van der Waals surface area (Å²) in [5, 5.41) is 30.8. The topological polar surface area (TPSA) is 89.8 Å². The molecule has 5 nitrogen and oxygen atoms in total. The van der Waals surface area contributed by atoms with Crippen molar-refractivity contribution in [3.8, 4) is 11.5 Å². The molecule has 0 aliphatic heterocycles. The maximum absolute atomic E-state index is 13.2. The van der Waals surface area contributed by atoms with Crippen molar-refractivity contribution in [1.29, 1.82) is 0 Å². The van der Waals surface area contributed by atoms with Gasteiger partial charge in [0.25, 0.3) is 0 Å². The lowest BCUT2D eigenvalue weighted by Gasteiger charge is -2.10. The highest BCUT2D eigenvalue weighted by atomic mass is 35.5. The van der Waals surface area contributed by atoms with Gasteiger partial charge < -0.3 is 20.6 Å². The van der Waals surface area contributed by atoms with Gasteiger partial charge in [-0.25, -0.2) is 9.18 Å². The summed E-state index contributed by atoms with van der Waals surface area (Å²) in [4.78, 5) is 10.8. The number of carboxylic acids is 1. The van der Waals surface area contributed by atoms with E-state index in [-0.39, 0.29) is 28.4 Å². The van der Waals surface area contributed by atoms with Gasteiger partial charge in [0.05, 0.1) is 5.02 Å². The largest absolute Gasteiger partial charge is 0.507 e. The van der Waals surface area contributed by atoms with E-state index in [2.05, 4.69) is 5.32 Å². The van der Waals surface area contributed by atoms with E-state index in [1.807, 2.05) is 0 Å². The third kappa shape index (κ3) is 3.35. The van der Waals surface area contributed by atoms with Gasteiger partial charge in [-0.05, 0) is 24.3 Å². The number of aromatic carboxylic acids is 1. The third-order valence-electron chi connectivity index (χ3n) is 2.82. The maximum atomic E-state index is 13.2. The molecule has 0 atom stereocenters. The van der Waals surface area contributed by atoms with Crippen LogP contribution in [0.5, 0.6) is 11.5 Å². The van der Waals surface area contributed by atoms with Crippen molar-refractivity contribution in [2.24, 2.45) is 0 Å². The fourth-order valence-electron chi connectivity index (χ4n) is 1.77. The summed E-state index contributed by atoms with van der Waals surface area (Å²) in [5.74, 6) is -2.46. The summed E-state index contributed by atoms with van der Waals surface area (Å²) in [6.45, 7) is 0.0508. The molecule has 0 aliphatic rings. The Morgan fingerprint density at radius 1 is 1.24 bits per heavy atom. The van der Waals surface area contributed by atoms with Crippen LogP contribution in [0.25, 0.3) is 0 Å². The maximum Gasteiger partial charge on any atom is 0.339 e. The molecule has 2 aromatic carbocycles. The van der Waals surface area contributed by atoms with Crippen LogP contribution in [0.1, 0.15) is 15.9 Å². The van der Waals surface area contributed by atoms with Crippen molar-refractivity contribution in [2.45, 2.75) is 6.54 Å². The van der Waals surface area contributed by atoms with E-state index >= 15 is 0 Å². The van der Waals surface area contributed by atoms with E-state index in [4.69, 9.17) is 16.7 Å². The van der Waals surface area contributed by atoms with Crippen LogP contribution < -0.4 is 5.32 Å². The van der Waals surface area contributed by atoms with Gasteiger partial charge in [-0.1, -0.05) is 11.6 Å². The summed E-state index contributed by atoms with van der Waals surface area (Å²) in [5.41, 5.74) is 0.427. The van der Waals surface area contributed by atoms with Gasteiger partial charge in [0.15, 0.2) is 0 Å². The van der Waals surface area contributed by atoms with Crippen LogP contribution >= 0.6 is 11.6 Å². The molecule has 0 radical (unpaired) electrons. The van der Waals surface area contributed by atoms with Crippen molar-refractivity contribution >= 4 is 23.3 Å². The normalized spacial score (nSPS) is 10.4. The Morgan fingerprint density at radius 2 is 1.95 bits per heavy atom. The van der Waals surface area contributed by atoms with E-state index in [9.17, 15) is 19.4 Å². The highest BCUT2D eigenvalue weighted by Crippen LogP contribution is 2.29. The highest BCUT2D eigenvalue weighted by Gasteiger charge is 2.11. The number of nitrogens with one attached hydrogen (secondary N) is 1. The lowest BCUT2D eigenvalue weighted by molar-refractivity contribution is 0.0694. The monoisotopic (exact) mass is 311 g/mol. The lowest BCUT2D eigenvalue weighted by Crippen LogP contribution is -2.02. The van der Waals surface area contributed by atoms with Crippen LogP contribution in [-0.2, 0) is 6.54 Å². The first kappa shape index (κ1) is 14.9. The molecule has 0 heterocycles. The molecule has 0 spiro atoms. The van der Waals surface area contributed by atoms with Crippen LogP contribution in [0.3, 0.4) is 0 Å². The predicted molar refractivity (Wildman–Crippen MR) is 75.5 cm³/mol. The van der Waals surface area contributed by atoms with Crippen LogP contribution in [0.2, 0.25) is 5.02 Å². The fourth-order valence-corrected chi connectivity index (χ4v) is 2.00. The zero-order valence-corrected chi connectivity index (χ0v) is 11.4. The summed E-state index contributed by atoms with van der Waals surface area (Å²) >= 11 is 5.66. The Bertz CT molecular complexity index is 706. The van der Waals surface area contributed by atoms with Crippen molar-refractivity contribution in [3.63, 3.8) is 0 Å². The number of carbonyl (C=O) groups is 1. The van der Waals surface area contributed by atoms with Gasteiger partial charge in [-0.15, -0.1) is 0 Å². The van der Waals surface area contributed by atoms with Crippen LogP contribution in [0.15, 0.2) is 30.3 Å². The number of halogens is 2. The fraction of sp³-hybridized carbons (Fsp3) is 0.0714. The Morgan fingerprint density at radius 3 is 2.57 bits per heavy atom. The Balaban J connectivity index is 2.17. The standard InChI is InChI=1S/C14H11ClFNO4/c15-11-4-8(16)3-7(13(11)19)6-17-9-1-2-10(14(20)21)12(18)5-9/h1-5,17-19H,6H2,(H,20,21). The number of anilines is 1. The number of hydrogen-bond donors (Lipinski definition) is 4. The molecule has 21 heavy (non-hydrogen) atoms. The van der Waals surface area contributed by atoms with E-state index in [1.165, 1.54) is 18.2 Å². The third-order valence-corrected chi connectivity index (χ3v) is 3.11. The molecule has 2 aromatic rings. The van der Waals surface area contributed by atoms with E-state index in [1.54, 1.807) is 0 Å². The molecule has 0 aromatic heterocycles. The van der Waals surface area contributed by atoms with Crippen LogP contribution in [0.4, 0.5) is 10.1 Å². The van der Waals surface area contributed by atoms with E-state index in [0.717, 1.165) is 12.1 Å². The summed E-state index contributed by atoms with van der Waals surface area (Å²) in [6.07, 6.45) is 0. The number of phenolic OH excluding ortho intramolecular Hbond substituents is 1. The molecular weight excluding hydrogens is 301 g/mol. The van der Waals surface area contributed by atoms with Gasteiger partial charge in [0.1, 0.15) is 22.9 Å². The lowest BCUT2D eigenvalue weighted by atomic mass is 10.1. The van der Waals surface area contributed by atoms with Gasteiger partial charge in [-0.3, -0.25) is 0 Å². The molecule has 0 saturated carbocycles. The van der Waals surface area contributed by atoms with Crippen LogP contribution in [0, 0.1) is 5.82 Å². The smallest absolute Gasteiger partial charge is 0.339 e. The minimum atomic E-state index is -1.24. The first-order chi connectivity index (χ1) is 9.88. The first-order valence-corrected chi connectivity index (χ1v) is 6.23. The van der Waals surface area contributed by atoms with E-state index < -0.39 is 17.5 Å². The highest BCUT2D eigenvalue weighted by molar-refractivity contribution is 6.32. The summed E-state index contributed by atoms with van der Waals surface area (Å²) in [7, 11) is 0.